The molecule has 0 aliphatic carbocycles. The number of hydrogen-bond acceptors (Lipinski definition) is 3. The highest BCUT2D eigenvalue weighted by molar-refractivity contribution is 7.89. The average Bonchev–Trinajstić information content (AvgIpc) is 2.94. The highest BCUT2D eigenvalue weighted by Crippen LogP contribution is 2.33. The Balaban J connectivity index is 2.16. The van der Waals surface area contributed by atoms with E-state index in [9.17, 15) is 8.42 Å². The molecule has 0 spiro atoms. The van der Waals surface area contributed by atoms with Crippen molar-refractivity contribution >= 4 is 10.0 Å². The molecule has 2 heterocycles. The van der Waals surface area contributed by atoms with Crippen molar-refractivity contribution in [1.29, 1.82) is 0 Å². The van der Waals surface area contributed by atoms with E-state index < -0.39 is 10.0 Å². The monoisotopic (exact) mass is 313 g/mol. The van der Waals surface area contributed by atoms with E-state index in [1.807, 2.05) is 11.6 Å². The van der Waals surface area contributed by atoms with Crippen LogP contribution in [0.3, 0.4) is 0 Å². The van der Waals surface area contributed by atoms with Gasteiger partial charge in [-0.15, -0.1) is 0 Å². The molecule has 1 aliphatic rings. The Bertz CT molecular complexity index is 590. The number of nitrogens with one attached hydrogen (secondary N) is 1. The molecule has 6 heteroatoms. The van der Waals surface area contributed by atoms with Gasteiger partial charge < -0.3 is 9.88 Å². The first-order valence-electron chi connectivity index (χ1n) is 7.62. The lowest BCUT2D eigenvalue weighted by atomic mass is 9.93. The normalized spacial score (nSPS) is 19.2. The summed E-state index contributed by atoms with van der Waals surface area (Å²) in [5, 5.41) is 3.31. The van der Waals surface area contributed by atoms with Gasteiger partial charge in [0.2, 0.25) is 10.0 Å². The Kier molecular flexibility index (Phi) is 4.80. The predicted molar refractivity (Wildman–Crippen MR) is 84.6 cm³/mol. The van der Waals surface area contributed by atoms with Crippen LogP contribution in [0.4, 0.5) is 0 Å². The van der Waals surface area contributed by atoms with Crippen LogP contribution in [0.25, 0.3) is 0 Å². The van der Waals surface area contributed by atoms with Crippen LogP contribution in [-0.2, 0) is 23.6 Å². The van der Waals surface area contributed by atoms with Gasteiger partial charge in [-0.25, -0.2) is 8.42 Å². The minimum absolute atomic E-state index is 0.0767. The van der Waals surface area contributed by atoms with Gasteiger partial charge in [-0.2, -0.15) is 4.31 Å². The standard InChI is InChI=1S/C15H27N3O2S/c1-5-7-16-10-13-9-14(11-17(13)4)21(19,20)18-8-6-15(2,3)12-18/h9,11,16H,5-8,10,12H2,1-4H3. The molecule has 1 aromatic rings. The molecule has 21 heavy (non-hydrogen) atoms. The summed E-state index contributed by atoms with van der Waals surface area (Å²) in [5.41, 5.74) is 1.08. The number of aryl methyl sites for hydroxylation is 1. The van der Waals surface area contributed by atoms with E-state index in [-0.39, 0.29) is 5.41 Å². The maximum absolute atomic E-state index is 12.7. The molecule has 1 fully saturated rings. The van der Waals surface area contributed by atoms with Crippen LogP contribution in [0.2, 0.25) is 0 Å². The fourth-order valence-corrected chi connectivity index (χ4v) is 4.43. The van der Waals surface area contributed by atoms with Crippen LogP contribution in [0.1, 0.15) is 39.3 Å². The molecule has 2 rings (SSSR count). The molecule has 0 atom stereocenters. The molecule has 120 valence electrons. The van der Waals surface area contributed by atoms with Crippen molar-refractivity contribution in [3.63, 3.8) is 0 Å². The quantitative estimate of drug-likeness (QED) is 0.817. The smallest absolute Gasteiger partial charge is 0.244 e. The maximum atomic E-state index is 12.7. The highest BCUT2D eigenvalue weighted by Gasteiger charge is 2.37. The van der Waals surface area contributed by atoms with Gasteiger partial charge >= 0.3 is 0 Å². The zero-order valence-electron chi connectivity index (χ0n) is 13.5. The summed E-state index contributed by atoms with van der Waals surface area (Å²) in [6, 6.07) is 1.79. The number of hydrogen-bond donors (Lipinski definition) is 1. The van der Waals surface area contributed by atoms with E-state index >= 15 is 0 Å². The van der Waals surface area contributed by atoms with Crippen molar-refractivity contribution in [1.82, 2.24) is 14.2 Å². The fourth-order valence-electron chi connectivity index (χ4n) is 2.70. The molecule has 0 unspecified atom stereocenters. The van der Waals surface area contributed by atoms with Gasteiger partial charge in [0.25, 0.3) is 0 Å². The van der Waals surface area contributed by atoms with E-state index in [2.05, 4.69) is 26.1 Å². The molecule has 0 radical (unpaired) electrons. The van der Waals surface area contributed by atoms with E-state index in [1.54, 1.807) is 16.6 Å². The zero-order valence-corrected chi connectivity index (χ0v) is 14.3. The number of nitrogens with zero attached hydrogens (tertiary/aromatic N) is 2. The van der Waals surface area contributed by atoms with Gasteiger partial charge in [-0.3, -0.25) is 0 Å². The maximum Gasteiger partial charge on any atom is 0.244 e. The third-order valence-corrected chi connectivity index (χ3v) is 5.91. The first-order chi connectivity index (χ1) is 9.76. The second-order valence-corrected chi connectivity index (χ2v) is 8.65. The topological polar surface area (TPSA) is 54.3 Å². The van der Waals surface area contributed by atoms with Crippen LogP contribution in [0, 0.1) is 5.41 Å². The lowest BCUT2D eigenvalue weighted by Crippen LogP contribution is -2.30. The minimum Gasteiger partial charge on any atom is -0.352 e. The summed E-state index contributed by atoms with van der Waals surface area (Å²) < 4.78 is 28.9. The van der Waals surface area contributed by atoms with Gasteiger partial charge in [0.1, 0.15) is 4.90 Å². The Morgan fingerprint density at radius 3 is 2.67 bits per heavy atom. The minimum atomic E-state index is -3.36. The van der Waals surface area contributed by atoms with E-state index in [1.165, 1.54) is 0 Å². The van der Waals surface area contributed by atoms with Crippen molar-refractivity contribution in [2.45, 2.75) is 45.1 Å². The molecule has 0 amide bonds. The Hall–Kier alpha value is -0.850. The van der Waals surface area contributed by atoms with Crippen LogP contribution < -0.4 is 5.32 Å². The van der Waals surface area contributed by atoms with Crippen molar-refractivity contribution in [2.75, 3.05) is 19.6 Å². The van der Waals surface area contributed by atoms with E-state index in [0.717, 1.165) is 25.1 Å². The highest BCUT2D eigenvalue weighted by atomic mass is 32.2. The summed E-state index contributed by atoms with van der Waals surface area (Å²) in [4.78, 5) is 0.413. The number of sulfonamides is 1. The van der Waals surface area contributed by atoms with Crippen molar-refractivity contribution in [3.8, 4) is 0 Å². The lowest BCUT2D eigenvalue weighted by Gasteiger charge is -2.19. The van der Waals surface area contributed by atoms with Gasteiger partial charge in [-0.1, -0.05) is 20.8 Å². The largest absolute Gasteiger partial charge is 0.352 e. The van der Waals surface area contributed by atoms with Crippen LogP contribution in [0.15, 0.2) is 17.2 Å². The van der Waals surface area contributed by atoms with E-state index in [4.69, 9.17) is 0 Å². The second-order valence-electron chi connectivity index (χ2n) is 6.71. The third-order valence-electron chi connectivity index (χ3n) is 4.10. The van der Waals surface area contributed by atoms with Gasteiger partial charge in [0, 0.05) is 38.6 Å². The molecule has 1 aliphatic heterocycles. The van der Waals surface area contributed by atoms with Crippen LogP contribution in [0.5, 0.6) is 0 Å². The summed E-state index contributed by atoms with van der Waals surface area (Å²) in [5.74, 6) is 0. The zero-order chi connectivity index (χ0) is 15.7. The molecular weight excluding hydrogens is 286 g/mol. The summed E-state index contributed by atoms with van der Waals surface area (Å²) in [7, 11) is -1.46. The molecule has 0 bridgehead atoms. The molecule has 1 aromatic heterocycles. The van der Waals surface area contributed by atoms with E-state index in [0.29, 0.717) is 24.5 Å². The third kappa shape index (κ3) is 3.67. The van der Waals surface area contributed by atoms with Gasteiger partial charge in [0.15, 0.2) is 0 Å². The van der Waals surface area contributed by atoms with Gasteiger partial charge in [-0.05, 0) is 30.9 Å². The predicted octanol–water partition coefficient (Wildman–Crippen LogP) is 1.95. The molecule has 0 saturated carbocycles. The SMILES string of the molecule is CCCNCc1cc(S(=O)(=O)N2CCC(C)(C)C2)cn1C. The van der Waals surface area contributed by atoms with Crippen molar-refractivity contribution in [2.24, 2.45) is 12.5 Å². The van der Waals surface area contributed by atoms with Crippen molar-refractivity contribution < 1.29 is 8.42 Å². The Morgan fingerprint density at radius 2 is 2.10 bits per heavy atom. The summed E-state index contributed by atoms with van der Waals surface area (Å²) >= 11 is 0. The average molecular weight is 313 g/mol. The molecule has 5 nitrogen and oxygen atoms in total. The van der Waals surface area contributed by atoms with Crippen molar-refractivity contribution in [3.05, 3.63) is 18.0 Å². The molecule has 1 saturated heterocycles. The van der Waals surface area contributed by atoms with Crippen LogP contribution in [-0.4, -0.2) is 36.9 Å². The first kappa shape index (κ1) is 16.5. The Morgan fingerprint density at radius 1 is 1.38 bits per heavy atom. The number of aromatic nitrogens is 1. The molecule has 1 N–H and O–H groups in total. The van der Waals surface area contributed by atoms with Crippen LogP contribution >= 0.6 is 0 Å². The molecule has 0 aromatic carbocycles. The molecular formula is C15H27N3O2S. The summed E-state index contributed by atoms with van der Waals surface area (Å²) in [6.45, 7) is 9.21. The Labute approximate surface area is 128 Å². The van der Waals surface area contributed by atoms with Gasteiger partial charge in [0.05, 0.1) is 0 Å². The lowest BCUT2D eigenvalue weighted by molar-refractivity contribution is 0.375. The number of rotatable bonds is 6. The fraction of sp³-hybridized carbons (Fsp3) is 0.733. The second kappa shape index (κ2) is 6.10. The summed E-state index contributed by atoms with van der Waals surface area (Å²) in [6.07, 6.45) is 3.71. The first-order valence-corrected chi connectivity index (χ1v) is 9.06.